The van der Waals surface area contributed by atoms with Gasteiger partial charge in [-0.25, -0.2) is 0 Å². The van der Waals surface area contributed by atoms with Gasteiger partial charge in [0.2, 0.25) is 5.75 Å². The number of hydrogen-bond donors (Lipinski definition) is 1. The maximum atomic E-state index is 5.48. The predicted octanol–water partition coefficient (Wildman–Crippen LogP) is 2.84. The maximum Gasteiger partial charge on any atom is 0.203 e. The van der Waals surface area contributed by atoms with Crippen LogP contribution in [0.2, 0.25) is 0 Å². The zero-order valence-electron chi connectivity index (χ0n) is 19.6. The lowest BCUT2D eigenvalue weighted by molar-refractivity contribution is 0.172. The zero-order valence-corrected chi connectivity index (χ0v) is 21.9. The number of aliphatic imine (C=N–C) groups is 1. The third kappa shape index (κ3) is 8.53. The average molecular weight is 550 g/mol. The van der Waals surface area contributed by atoms with Crippen molar-refractivity contribution in [1.82, 2.24) is 15.1 Å². The minimum Gasteiger partial charge on any atom is -0.493 e. The fourth-order valence-electron chi connectivity index (χ4n) is 3.68. The number of nitrogens with one attached hydrogen (secondary N) is 1. The number of methoxy groups -OCH3 is 4. The molecule has 1 saturated heterocycles. The van der Waals surface area contributed by atoms with E-state index < -0.39 is 0 Å². The van der Waals surface area contributed by atoms with Crippen molar-refractivity contribution in [1.29, 1.82) is 0 Å². The summed E-state index contributed by atoms with van der Waals surface area (Å²) in [5.41, 5.74) is 1.15. The number of rotatable bonds is 11. The molecule has 1 aliphatic heterocycles. The molecule has 31 heavy (non-hydrogen) atoms. The molecule has 0 amide bonds. The highest BCUT2D eigenvalue weighted by Gasteiger charge is 2.21. The van der Waals surface area contributed by atoms with Crippen LogP contribution < -0.4 is 19.5 Å². The monoisotopic (exact) mass is 550 g/mol. The SMILES string of the molecule is CN=C(NCCCCCOC)N1CCN(Cc2cc(OC)c(OC)c(OC)c2)CC1.I. The van der Waals surface area contributed by atoms with Gasteiger partial charge in [-0.05, 0) is 37.0 Å². The van der Waals surface area contributed by atoms with Crippen LogP contribution in [-0.4, -0.2) is 90.6 Å². The Labute approximate surface area is 204 Å². The highest BCUT2D eigenvalue weighted by atomic mass is 127. The first-order valence-electron chi connectivity index (χ1n) is 10.6. The number of benzene rings is 1. The summed E-state index contributed by atoms with van der Waals surface area (Å²) in [5.74, 6) is 3.01. The Bertz CT molecular complexity index is 642. The van der Waals surface area contributed by atoms with E-state index in [0.717, 1.165) is 70.2 Å². The minimum absolute atomic E-state index is 0. The Morgan fingerprint density at radius 3 is 2.10 bits per heavy atom. The van der Waals surface area contributed by atoms with Crippen molar-refractivity contribution >= 4 is 29.9 Å². The summed E-state index contributed by atoms with van der Waals surface area (Å²) in [6, 6.07) is 4.05. The lowest BCUT2D eigenvalue weighted by Gasteiger charge is -2.36. The Hall–Kier alpha value is -1.46. The standard InChI is InChI=1S/C22H38N4O4.HI/c1-23-22(24-9-7-6-8-14-27-2)26-12-10-25(11-13-26)17-18-15-19(28-3)21(30-5)20(16-18)29-4;/h15-16H,6-14,17H2,1-5H3,(H,23,24);1H. The van der Waals surface area contributed by atoms with Gasteiger partial charge in [-0.3, -0.25) is 9.89 Å². The molecule has 0 saturated carbocycles. The van der Waals surface area contributed by atoms with Crippen LogP contribution >= 0.6 is 24.0 Å². The van der Waals surface area contributed by atoms with E-state index >= 15 is 0 Å². The third-order valence-corrected chi connectivity index (χ3v) is 5.32. The average Bonchev–Trinajstić information content (AvgIpc) is 2.78. The molecule has 1 heterocycles. The van der Waals surface area contributed by atoms with Crippen LogP contribution in [0.1, 0.15) is 24.8 Å². The van der Waals surface area contributed by atoms with E-state index in [9.17, 15) is 0 Å². The number of unbranched alkanes of at least 4 members (excludes halogenated alkanes) is 2. The summed E-state index contributed by atoms with van der Waals surface area (Å²) < 4.78 is 21.5. The number of nitrogens with zero attached hydrogens (tertiary/aromatic N) is 3. The molecule has 0 aliphatic carbocycles. The molecule has 0 spiro atoms. The number of piperazine rings is 1. The van der Waals surface area contributed by atoms with E-state index in [1.54, 1.807) is 28.4 Å². The number of hydrogen-bond acceptors (Lipinski definition) is 6. The van der Waals surface area contributed by atoms with Crippen LogP contribution in [0, 0.1) is 0 Å². The fourth-order valence-corrected chi connectivity index (χ4v) is 3.68. The molecule has 0 atom stereocenters. The van der Waals surface area contributed by atoms with Crippen molar-refractivity contribution in [2.24, 2.45) is 4.99 Å². The van der Waals surface area contributed by atoms with Gasteiger partial charge < -0.3 is 29.2 Å². The topological polar surface area (TPSA) is 67.8 Å². The van der Waals surface area contributed by atoms with Gasteiger partial charge in [0.15, 0.2) is 17.5 Å². The second kappa shape index (κ2) is 15.4. The van der Waals surface area contributed by atoms with Gasteiger partial charge in [-0.2, -0.15) is 0 Å². The molecule has 8 nitrogen and oxygen atoms in total. The van der Waals surface area contributed by atoms with Crippen LogP contribution in [0.4, 0.5) is 0 Å². The Balaban J connectivity index is 0.00000480. The van der Waals surface area contributed by atoms with Crippen molar-refractivity contribution in [3.63, 3.8) is 0 Å². The van der Waals surface area contributed by atoms with Crippen LogP contribution in [0.5, 0.6) is 17.2 Å². The van der Waals surface area contributed by atoms with E-state index in [1.165, 1.54) is 6.42 Å². The Kier molecular flexibility index (Phi) is 13.7. The molecule has 0 bridgehead atoms. The number of guanidine groups is 1. The van der Waals surface area contributed by atoms with Gasteiger partial charge in [0, 0.05) is 60.0 Å². The normalized spacial score (nSPS) is 14.7. The molecule has 1 fully saturated rings. The van der Waals surface area contributed by atoms with Crippen molar-refractivity contribution in [3.05, 3.63) is 17.7 Å². The summed E-state index contributed by atoms with van der Waals surface area (Å²) in [6.07, 6.45) is 3.40. The molecular weight excluding hydrogens is 511 g/mol. The van der Waals surface area contributed by atoms with Crippen molar-refractivity contribution in [2.75, 3.05) is 74.8 Å². The fraction of sp³-hybridized carbons (Fsp3) is 0.682. The van der Waals surface area contributed by atoms with Crippen LogP contribution in [0.15, 0.2) is 17.1 Å². The third-order valence-electron chi connectivity index (χ3n) is 5.32. The number of ether oxygens (including phenoxy) is 4. The summed E-state index contributed by atoms with van der Waals surface area (Å²) in [7, 11) is 8.53. The molecule has 0 radical (unpaired) electrons. The lowest BCUT2D eigenvalue weighted by atomic mass is 10.1. The van der Waals surface area contributed by atoms with E-state index in [2.05, 4.69) is 20.1 Å². The maximum absolute atomic E-state index is 5.48. The highest BCUT2D eigenvalue weighted by molar-refractivity contribution is 14.0. The van der Waals surface area contributed by atoms with Gasteiger partial charge in [-0.1, -0.05) is 0 Å². The first kappa shape index (κ1) is 27.6. The molecular formula is C22H39IN4O4. The molecule has 2 rings (SSSR count). The summed E-state index contributed by atoms with van der Waals surface area (Å²) in [6.45, 7) is 6.48. The molecule has 1 N–H and O–H groups in total. The van der Waals surface area contributed by atoms with Crippen molar-refractivity contribution in [3.8, 4) is 17.2 Å². The number of halogens is 1. The summed E-state index contributed by atoms with van der Waals surface area (Å²) >= 11 is 0. The van der Waals surface area contributed by atoms with Crippen LogP contribution in [0.3, 0.4) is 0 Å². The molecule has 0 unspecified atom stereocenters. The van der Waals surface area contributed by atoms with Gasteiger partial charge in [-0.15, -0.1) is 24.0 Å². The van der Waals surface area contributed by atoms with E-state index in [0.29, 0.717) is 17.2 Å². The second-order valence-electron chi connectivity index (χ2n) is 7.32. The first-order valence-corrected chi connectivity index (χ1v) is 10.6. The van der Waals surface area contributed by atoms with E-state index in [4.69, 9.17) is 18.9 Å². The van der Waals surface area contributed by atoms with Gasteiger partial charge in [0.05, 0.1) is 21.3 Å². The highest BCUT2D eigenvalue weighted by Crippen LogP contribution is 2.38. The minimum atomic E-state index is 0. The van der Waals surface area contributed by atoms with E-state index in [-0.39, 0.29) is 24.0 Å². The van der Waals surface area contributed by atoms with Gasteiger partial charge >= 0.3 is 0 Å². The molecule has 178 valence electrons. The molecule has 1 aromatic rings. The smallest absolute Gasteiger partial charge is 0.203 e. The lowest BCUT2D eigenvalue weighted by Crippen LogP contribution is -2.52. The Morgan fingerprint density at radius 2 is 1.58 bits per heavy atom. The summed E-state index contributed by atoms with van der Waals surface area (Å²) in [5, 5.41) is 3.49. The van der Waals surface area contributed by atoms with E-state index in [1.807, 2.05) is 19.2 Å². The van der Waals surface area contributed by atoms with Crippen LogP contribution in [-0.2, 0) is 11.3 Å². The largest absolute Gasteiger partial charge is 0.493 e. The molecule has 0 aromatic heterocycles. The van der Waals surface area contributed by atoms with Crippen LogP contribution in [0.25, 0.3) is 0 Å². The molecule has 1 aromatic carbocycles. The zero-order chi connectivity index (χ0) is 21.8. The second-order valence-corrected chi connectivity index (χ2v) is 7.32. The van der Waals surface area contributed by atoms with Crippen molar-refractivity contribution in [2.45, 2.75) is 25.8 Å². The summed E-state index contributed by atoms with van der Waals surface area (Å²) in [4.78, 5) is 9.23. The van der Waals surface area contributed by atoms with Gasteiger partial charge in [0.25, 0.3) is 0 Å². The Morgan fingerprint density at radius 1 is 0.935 bits per heavy atom. The van der Waals surface area contributed by atoms with Gasteiger partial charge in [0.1, 0.15) is 0 Å². The molecule has 1 aliphatic rings. The van der Waals surface area contributed by atoms with Crippen molar-refractivity contribution < 1.29 is 18.9 Å². The predicted molar refractivity (Wildman–Crippen MR) is 135 cm³/mol. The first-order chi connectivity index (χ1) is 14.7. The quantitative estimate of drug-likeness (QED) is 0.197. The molecule has 9 heteroatoms.